The van der Waals surface area contributed by atoms with Gasteiger partial charge in [-0.3, -0.25) is 0 Å². The molecule has 102 valence electrons. The van der Waals surface area contributed by atoms with Crippen LogP contribution in [0.15, 0.2) is 47.6 Å². The molecule has 0 radical (unpaired) electrons. The Morgan fingerprint density at radius 3 is 2.70 bits per heavy atom. The van der Waals surface area contributed by atoms with Crippen molar-refractivity contribution in [1.29, 1.82) is 0 Å². The molecule has 0 spiro atoms. The molecule has 1 aromatic heterocycles. The first-order chi connectivity index (χ1) is 9.61. The minimum absolute atomic E-state index is 0.187. The van der Waals surface area contributed by atoms with Crippen molar-refractivity contribution < 1.29 is 4.39 Å². The number of hydrogen-bond acceptors (Lipinski definition) is 2. The molecule has 0 unspecified atom stereocenters. The average Bonchev–Trinajstić information content (AvgIpc) is 2.80. The lowest BCUT2D eigenvalue weighted by Gasteiger charge is -2.09. The van der Waals surface area contributed by atoms with E-state index >= 15 is 0 Å². The lowest BCUT2D eigenvalue weighted by Crippen LogP contribution is -1.89. The Morgan fingerprint density at radius 1 is 1.20 bits per heavy atom. The van der Waals surface area contributed by atoms with Gasteiger partial charge in [-0.05, 0) is 42.8 Å². The number of benzene rings is 2. The van der Waals surface area contributed by atoms with Crippen LogP contribution in [0.4, 0.5) is 4.39 Å². The molecular weight excluding hydrogens is 295 g/mol. The van der Waals surface area contributed by atoms with Crippen LogP contribution in [0.25, 0.3) is 11.0 Å². The molecule has 0 aliphatic heterocycles. The van der Waals surface area contributed by atoms with Crippen molar-refractivity contribution in [2.75, 3.05) is 0 Å². The number of H-pyrrole nitrogens is 1. The van der Waals surface area contributed by atoms with Gasteiger partial charge in [-0.15, -0.1) is 0 Å². The Labute approximate surface area is 125 Å². The van der Waals surface area contributed by atoms with E-state index in [2.05, 4.69) is 16.9 Å². The second-order valence-electron chi connectivity index (χ2n) is 4.52. The maximum absolute atomic E-state index is 12.9. The molecule has 0 aliphatic rings. The summed E-state index contributed by atoms with van der Waals surface area (Å²) in [7, 11) is 0. The van der Waals surface area contributed by atoms with Crippen LogP contribution in [0, 0.1) is 5.82 Å². The summed E-state index contributed by atoms with van der Waals surface area (Å²) in [4.78, 5) is 7.75. The van der Waals surface area contributed by atoms with Crippen LogP contribution < -0.4 is 0 Å². The van der Waals surface area contributed by atoms with E-state index in [9.17, 15) is 4.39 Å². The van der Waals surface area contributed by atoms with Crippen LogP contribution >= 0.6 is 23.4 Å². The number of imidazole rings is 1. The van der Waals surface area contributed by atoms with Crippen LogP contribution in [0.3, 0.4) is 0 Å². The highest BCUT2D eigenvalue weighted by molar-refractivity contribution is 7.99. The zero-order chi connectivity index (χ0) is 14.1. The molecule has 0 saturated carbocycles. The highest BCUT2D eigenvalue weighted by Crippen LogP contribution is 2.34. The molecule has 2 nitrogen and oxygen atoms in total. The van der Waals surface area contributed by atoms with Crippen molar-refractivity contribution >= 4 is 34.4 Å². The SMILES string of the molecule is C[C@@H](Sc1nc2ccc(Cl)cc2[nH]1)c1ccc(F)cc1. The van der Waals surface area contributed by atoms with Crippen LogP contribution in [-0.4, -0.2) is 9.97 Å². The third-order valence-corrected chi connectivity index (χ3v) is 4.33. The van der Waals surface area contributed by atoms with E-state index in [1.165, 1.54) is 12.1 Å². The minimum Gasteiger partial charge on any atom is -0.333 e. The number of fused-ring (bicyclic) bond motifs is 1. The minimum atomic E-state index is -0.218. The van der Waals surface area contributed by atoms with Gasteiger partial charge in [0.25, 0.3) is 0 Å². The first-order valence-corrected chi connectivity index (χ1v) is 7.45. The topological polar surface area (TPSA) is 28.7 Å². The fourth-order valence-electron chi connectivity index (χ4n) is 1.98. The number of halogens is 2. The third kappa shape index (κ3) is 2.81. The van der Waals surface area contributed by atoms with Gasteiger partial charge in [0.2, 0.25) is 0 Å². The summed E-state index contributed by atoms with van der Waals surface area (Å²) >= 11 is 7.56. The van der Waals surface area contributed by atoms with Crippen LogP contribution in [-0.2, 0) is 0 Å². The van der Waals surface area contributed by atoms with E-state index in [1.54, 1.807) is 23.9 Å². The second-order valence-corrected chi connectivity index (χ2v) is 6.28. The summed E-state index contributed by atoms with van der Waals surface area (Å²) in [5, 5.41) is 1.70. The molecule has 3 aromatic rings. The van der Waals surface area contributed by atoms with Gasteiger partial charge in [0, 0.05) is 10.3 Å². The third-order valence-electron chi connectivity index (χ3n) is 3.05. The largest absolute Gasteiger partial charge is 0.333 e. The lowest BCUT2D eigenvalue weighted by atomic mass is 10.2. The van der Waals surface area contributed by atoms with E-state index in [-0.39, 0.29) is 11.1 Å². The van der Waals surface area contributed by atoms with E-state index in [0.717, 1.165) is 21.8 Å². The Kier molecular flexibility index (Phi) is 3.68. The number of rotatable bonds is 3. The van der Waals surface area contributed by atoms with Crippen molar-refractivity contribution in [2.24, 2.45) is 0 Å². The van der Waals surface area contributed by atoms with Crippen molar-refractivity contribution in [3.8, 4) is 0 Å². The van der Waals surface area contributed by atoms with Gasteiger partial charge in [-0.2, -0.15) is 0 Å². The summed E-state index contributed by atoms with van der Waals surface area (Å²) in [6.45, 7) is 2.07. The molecule has 0 fully saturated rings. The fourth-order valence-corrected chi connectivity index (χ4v) is 3.10. The van der Waals surface area contributed by atoms with Gasteiger partial charge in [0.15, 0.2) is 5.16 Å². The summed E-state index contributed by atoms with van der Waals surface area (Å²) in [6.07, 6.45) is 0. The molecule has 0 aliphatic carbocycles. The van der Waals surface area contributed by atoms with Crippen LogP contribution in [0.2, 0.25) is 5.02 Å². The first-order valence-electron chi connectivity index (χ1n) is 6.19. The van der Waals surface area contributed by atoms with Crippen LogP contribution in [0.1, 0.15) is 17.7 Å². The molecule has 2 aromatic carbocycles. The molecule has 1 heterocycles. The van der Waals surface area contributed by atoms with Crippen molar-refractivity contribution in [3.63, 3.8) is 0 Å². The van der Waals surface area contributed by atoms with Crippen LogP contribution in [0.5, 0.6) is 0 Å². The van der Waals surface area contributed by atoms with E-state index in [4.69, 9.17) is 11.6 Å². The standard InChI is InChI=1S/C15H12ClFN2S/c1-9(10-2-5-12(17)6-3-10)20-15-18-13-7-4-11(16)8-14(13)19-15/h2-9H,1H3,(H,18,19)/t9-/m1/s1. The molecule has 1 atom stereocenters. The zero-order valence-corrected chi connectivity index (χ0v) is 12.3. The highest BCUT2D eigenvalue weighted by atomic mass is 35.5. The molecule has 0 amide bonds. The van der Waals surface area contributed by atoms with E-state index < -0.39 is 0 Å². The van der Waals surface area contributed by atoms with Crippen molar-refractivity contribution in [2.45, 2.75) is 17.3 Å². The predicted molar refractivity (Wildman–Crippen MR) is 81.8 cm³/mol. The van der Waals surface area contributed by atoms with E-state index in [1.807, 2.05) is 18.2 Å². The monoisotopic (exact) mass is 306 g/mol. The lowest BCUT2D eigenvalue weighted by molar-refractivity contribution is 0.627. The molecular formula is C15H12ClFN2S. The Morgan fingerprint density at radius 2 is 1.95 bits per heavy atom. The number of aromatic amines is 1. The van der Waals surface area contributed by atoms with Gasteiger partial charge in [-0.1, -0.05) is 35.5 Å². The number of thioether (sulfide) groups is 1. The molecule has 1 N–H and O–H groups in total. The average molecular weight is 307 g/mol. The van der Waals surface area contributed by atoms with Gasteiger partial charge in [-0.25, -0.2) is 9.37 Å². The Bertz CT molecular complexity index is 739. The number of nitrogens with one attached hydrogen (secondary N) is 1. The summed E-state index contributed by atoms with van der Waals surface area (Å²) in [5.74, 6) is -0.218. The predicted octanol–water partition coefficient (Wildman–Crippen LogP) is 5.21. The molecule has 3 rings (SSSR count). The number of aromatic nitrogens is 2. The number of hydrogen-bond donors (Lipinski definition) is 1. The van der Waals surface area contributed by atoms with Crippen molar-refractivity contribution in [1.82, 2.24) is 9.97 Å². The van der Waals surface area contributed by atoms with Gasteiger partial charge >= 0.3 is 0 Å². The summed E-state index contributed by atoms with van der Waals surface area (Å²) in [6, 6.07) is 12.1. The van der Waals surface area contributed by atoms with Gasteiger partial charge in [0.1, 0.15) is 5.82 Å². The molecule has 0 saturated heterocycles. The molecule has 5 heteroatoms. The quantitative estimate of drug-likeness (QED) is 0.673. The van der Waals surface area contributed by atoms with Gasteiger partial charge in [0.05, 0.1) is 11.0 Å². The van der Waals surface area contributed by atoms with Gasteiger partial charge < -0.3 is 4.98 Å². The summed E-state index contributed by atoms with van der Waals surface area (Å²) < 4.78 is 12.9. The van der Waals surface area contributed by atoms with E-state index in [0.29, 0.717) is 5.02 Å². The fraction of sp³-hybridized carbons (Fsp3) is 0.133. The van der Waals surface area contributed by atoms with Crippen molar-refractivity contribution in [3.05, 3.63) is 58.9 Å². The first kappa shape index (κ1) is 13.5. The maximum Gasteiger partial charge on any atom is 0.166 e. The second kappa shape index (κ2) is 5.46. The normalized spacial score (nSPS) is 12.8. The zero-order valence-electron chi connectivity index (χ0n) is 10.7. The maximum atomic E-state index is 12.9. The molecule has 0 bridgehead atoms. The smallest absolute Gasteiger partial charge is 0.166 e. The summed E-state index contributed by atoms with van der Waals surface area (Å²) in [5.41, 5.74) is 2.88. The molecule has 20 heavy (non-hydrogen) atoms. The Balaban J connectivity index is 1.83. The Hall–Kier alpha value is -1.52. The highest BCUT2D eigenvalue weighted by Gasteiger charge is 2.11. The number of nitrogens with zero attached hydrogens (tertiary/aromatic N) is 1.